The average molecular weight is 446 g/mol. The SMILES string of the molecule is CC=Cc1cc(-c2ccc(-c3ccc4c(c3)NC(c3ccccc3)O4)cc2)c2c(c1[NH3+])[NH2+]C=C2. The number of nitrogens with two attached hydrogens (primary N) is 1. The van der Waals surface area contributed by atoms with Crippen LogP contribution in [0, 0.1) is 0 Å². The van der Waals surface area contributed by atoms with Crippen LogP contribution in [-0.4, -0.2) is 0 Å². The molecule has 4 nitrogen and oxygen atoms in total. The first-order valence-electron chi connectivity index (χ1n) is 11.6. The molecule has 0 bridgehead atoms. The van der Waals surface area contributed by atoms with Gasteiger partial charge in [-0.05, 0) is 47.4 Å². The predicted molar refractivity (Wildman–Crippen MR) is 139 cm³/mol. The number of allylic oxidation sites excluding steroid dienone is 1. The van der Waals surface area contributed by atoms with E-state index in [1.165, 1.54) is 27.9 Å². The molecule has 0 amide bonds. The zero-order valence-electron chi connectivity index (χ0n) is 19.1. The summed E-state index contributed by atoms with van der Waals surface area (Å²) in [6.07, 6.45) is 8.35. The Labute approximate surface area is 199 Å². The van der Waals surface area contributed by atoms with Gasteiger partial charge < -0.3 is 15.8 Å². The predicted octanol–water partition coefficient (Wildman–Crippen LogP) is 5.61. The summed E-state index contributed by atoms with van der Waals surface area (Å²) in [5.74, 6) is 0.887. The van der Waals surface area contributed by atoms with Crippen LogP contribution in [0.1, 0.15) is 29.8 Å². The highest BCUT2D eigenvalue weighted by Gasteiger charge is 2.25. The van der Waals surface area contributed by atoms with Gasteiger partial charge in [0.25, 0.3) is 0 Å². The largest absolute Gasteiger partial charge is 0.464 e. The van der Waals surface area contributed by atoms with Crippen molar-refractivity contribution in [2.75, 3.05) is 5.32 Å². The van der Waals surface area contributed by atoms with Gasteiger partial charge in [-0.2, -0.15) is 0 Å². The Morgan fingerprint density at radius 2 is 1.68 bits per heavy atom. The third-order valence-corrected chi connectivity index (χ3v) is 6.57. The van der Waals surface area contributed by atoms with E-state index in [1.54, 1.807) is 0 Å². The van der Waals surface area contributed by atoms with Gasteiger partial charge in [0.05, 0.1) is 17.5 Å². The molecule has 0 fully saturated rings. The fourth-order valence-electron chi connectivity index (χ4n) is 4.81. The summed E-state index contributed by atoms with van der Waals surface area (Å²) in [6.45, 7) is 2.04. The van der Waals surface area contributed by atoms with Crippen molar-refractivity contribution in [1.29, 1.82) is 0 Å². The molecule has 1 unspecified atom stereocenters. The highest BCUT2D eigenvalue weighted by molar-refractivity contribution is 5.90. The maximum absolute atomic E-state index is 6.11. The first-order chi connectivity index (χ1) is 16.7. The average Bonchev–Trinajstić information content (AvgIpc) is 3.54. The van der Waals surface area contributed by atoms with Gasteiger partial charge in [0.15, 0.2) is 11.9 Å². The summed E-state index contributed by atoms with van der Waals surface area (Å²) in [6, 6.07) is 27.7. The van der Waals surface area contributed by atoms with Crippen molar-refractivity contribution in [3.63, 3.8) is 0 Å². The van der Waals surface area contributed by atoms with Gasteiger partial charge in [-0.15, -0.1) is 0 Å². The van der Waals surface area contributed by atoms with Gasteiger partial charge >= 0.3 is 0 Å². The van der Waals surface area contributed by atoms with Crippen LogP contribution in [0.2, 0.25) is 0 Å². The molecule has 166 valence electrons. The van der Waals surface area contributed by atoms with Crippen LogP contribution in [0.25, 0.3) is 34.4 Å². The Balaban J connectivity index is 1.31. The van der Waals surface area contributed by atoms with Crippen LogP contribution >= 0.6 is 0 Å². The zero-order chi connectivity index (χ0) is 23.1. The van der Waals surface area contributed by atoms with Crippen LogP contribution in [0.5, 0.6) is 5.75 Å². The molecule has 0 aromatic heterocycles. The maximum Gasteiger partial charge on any atom is 0.204 e. The second kappa shape index (κ2) is 8.34. The number of nitrogens with one attached hydrogen (secondary N) is 1. The number of quaternary nitrogens is 2. The molecular weight excluding hydrogens is 418 g/mol. The molecule has 6 rings (SSSR count). The molecule has 1 atom stereocenters. The van der Waals surface area contributed by atoms with Gasteiger partial charge in [0.2, 0.25) is 5.69 Å². The van der Waals surface area contributed by atoms with Gasteiger partial charge in [-0.25, -0.2) is 0 Å². The topological polar surface area (TPSA) is 65.5 Å². The molecular formula is C30H27N3O+2. The summed E-state index contributed by atoms with van der Waals surface area (Å²) >= 11 is 0. The number of rotatable bonds is 4. The van der Waals surface area contributed by atoms with Crippen molar-refractivity contribution < 1.29 is 15.8 Å². The number of hydrogen-bond donors (Lipinski definition) is 3. The Morgan fingerprint density at radius 3 is 2.47 bits per heavy atom. The maximum atomic E-state index is 6.11. The van der Waals surface area contributed by atoms with Crippen LogP contribution in [-0.2, 0) is 0 Å². The van der Waals surface area contributed by atoms with E-state index in [-0.39, 0.29) is 6.23 Å². The molecule has 0 saturated carbocycles. The Hall–Kier alpha value is -4.12. The summed E-state index contributed by atoms with van der Waals surface area (Å²) < 4.78 is 6.11. The number of fused-ring (bicyclic) bond motifs is 2. The molecule has 6 N–H and O–H groups in total. The lowest BCUT2D eigenvalue weighted by Crippen LogP contribution is -2.71. The van der Waals surface area contributed by atoms with Crippen molar-refractivity contribution in [1.82, 2.24) is 0 Å². The van der Waals surface area contributed by atoms with Crippen LogP contribution in [0.3, 0.4) is 0 Å². The van der Waals surface area contributed by atoms with Crippen molar-refractivity contribution >= 4 is 29.2 Å². The Morgan fingerprint density at radius 1 is 0.912 bits per heavy atom. The van der Waals surface area contributed by atoms with E-state index in [2.05, 4.69) is 101 Å². The molecule has 0 spiro atoms. The number of benzene rings is 4. The fourth-order valence-corrected chi connectivity index (χ4v) is 4.81. The minimum absolute atomic E-state index is 0.150. The third-order valence-electron chi connectivity index (χ3n) is 6.57. The normalized spacial score (nSPS) is 15.8. The van der Waals surface area contributed by atoms with Gasteiger partial charge in [-0.3, -0.25) is 5.32 Å². The van der Waals surface area contributed by atoms with E-state index in [9.17, 15) is 0 Å². The first-order valence-corrected chi connectivity index (χ1v) is 11.6. The molecule has 0 saturated heterocycles. The van der Waals surface area contributed by atoms with E-state index in [0.29, 0.717) is 0 Å². The summed E-state index contributed by atoms with van der Waals surface area (Å²) in [5, 5.41) is 5.66. The van der Waals surface area contributed by atoms with Crippen LogP contribution in [0.15, 0.2) is 91.1 Å². The lowest BCUT2D eigenvalue weighted by molar-refractivity contribution is -0.496. The minimum atomic E-state index is -0.150. The summed E-state index contributed by atoms with van der Waals surface area (Å²) in [7, 11) is 0. The molecule has 0 radical (unpaired) electrons. The van der Waals surface area contributed by atoms with Crippen molar-refractivity contribution in [3.8, 4) is 28.0 Å². The molecule has 2 aliphatic rings. The van der Waals surface area contributed by atoms with Crippen molar-refractivity contribution in [2.24, 2.45) is 0 Å². The van der Waals surface area contributed by atoms with Gasteiger partial charge in [0.1, 0.15) is 5.75 Å². The smallest absolute Gasteiger partial charge is 0.204 e. The van der Waals surface area contributed by atoms with E-state index in [4.69, 9.17) is 4.74 Å². The van der Waals surface area contributed by atoms with Crippen LogP contribution in [0.4, 0.5) is 17.1 Å². The minimum Gasteiger partial charge on any atom is -0.464 e. The number of ether oxygens (including phenoxy) is 1. The Bertz CT molecular complexity index is 1440. The van der Waals surface area contributed by atoms with E-state index in [0.717, 1.165) is 33.8 Å². The van der Waals surface area contributed by atoms with Gasteiger partial charge in [-0.1, -0.05) is 72.8 Å². The van der Waals surface area contributed by atoms with Crippen molar-refractivity contribution in [3.05, 3.63) is 108 Å². The molecule has 2 heterocycles. The van der Waals surface area contributed by atoms with E-state index < -0.39 is 0 Å². The highest BCUT2D eigenvalue weighted by Crippen LogP contribution is 2.41. The Kier molecular flexibility index (Phi) is 5.02. The zero-order valence-corrected chi connectivity index (χ0v) is 19.1. The van der Waals surface area contributed by atoms with Crippen molar-refractivity contribution in [2.45, 2.75) is 13.2 Å². The number of anilines is 1. The lowest BCUT2D eigenvalue weighted by atomic mass is 9.93. The second-order valence-corrected chi connectivity index (χ2v) is 8.69. The second-order valence-electron chi connectivity index (χ2n) is 8.69. The standard InChI is InChI=1S/C30H25N3O/c1-2-6-23-17-25(24-15-16-32-29(24)28(23)31)20-11-9-19(10-12-20)22-13-14-27-26(18-22)33-30(34-27)21-7-4-3-5-8-21/h2-18,30,32-33H,31H2,1H3/p+2. The lowest BCUT2D eigenvalue weighted by Gasteiger charge is -2.11. The summed E-state index contributed by atoms with van der Waals surface area (Å²) in [4.78, 5) is 0. The summed E-state index contributed by atoms with van der Waals surface area (Å²) in [5.41, 5.74) is 16.0. The number of hydrogen-bond acceptors (Lipinski definition) is 2. The third kappa shape index (κ3) is 3.50. The molecule has 4 aromatic rings. The van der Waals surface area contributed by atoms with Gasteiger partial charge in [0, 0.05) is 17.2 Å². The molecule has 0 aliphatic carbocycles. The first kappa shape index (κ1) is 20.5. The molecule has 4 aromatic carbocycles. The van der Waals surface area contributed by atoms with E-state index >= 15 is 0 Å². The monoisotopic (exact) mass is 445 g/mol. The molecule has 34 heavy (non-hydrogen) atoms. The molecule has 4 heteroatoms. The van der Waals surface area contributed by atoms with Crippen LogP contribution < -0.4 is 21.1 Å². The quantitative estimate of drug-likeness (QED) is 0.358. The fraction of sp³-hybridized carbons (Fsp3) is 0.0667. The van der Waals surface area contributed by atoms with E-state index in [1.807, 2.05) is 25.1 Å². The molecule has 2 aliphatic heterocycles. The highest BCUT2D eigenvalue weighted by atomic mass is 16.5.